The molecule has 2 aromatic carbocycles. The number of anilines is 1. The van der Waals surface area contributed by atoms with E-state index in [1.165, 1.54) is 0 Å². The predicted octanol–water partition coefficient (Wildman–Crippen LogP) is 3.97. The molecule has 2 nitrogen and oxygen atoms in total. The fourth-order valence-corrected chi connectivity index (χ4v) is 2.05. The summed E-state index contributed by atoms with van der Waals surface area (Å²) in [6, 6.07) is 17.3. The van der Waals surface area contributed by atoms with Gasteiger partial charge in [0.2, 0.25) is 0 Å². The molecule has 2 rings (SSSR count). The zero-order chi connectivity index (χ0) is 15.3. The third-order valence-corrected chi connectivity index (χ3v) is 3.08. The average Bonchev–Trinajstić information content (AvgIpc) is 2.46. The summed E-state index contributed by atoms with van der Waals surface area (Å²) in [6.07, 6.45) is 0. The van der Waals surface area contributed by atoms with Crippen LogP contribution in [-0.4, -0.2) is 5.91 Å². The number of para-hydroxylation sites is 1. The smallest absolute Gasteiger partial charge is 0.300 e. The number of carbonyl (C=O) groups is 1. The van der Waals surface area contributed by atoms with Gasteiger partial charge in [0.1, 0.15) is 0 Å². The Hall–Kier alpha value is -2.53. The molecule has 0 aliphatic carbocycles. The second kappa shape index (κ2) is 6.28. The van der Waals surface area contributed by atoms with Gasteiger partial charge in [-0.05, 0) is 29.2 Å². The Morgan fingerprint density at radius 2 is 1.57 bits per heavy atom. The predicted molar refractivity (Wildman–Crippen MR) is 87.1 cm³/mol. The maximum absolute atomic E-state index is 12.0. The standard InChI is InChI=1S/C19H19NO/c1-19(2,3)16-11-7-8-12-17(16)20-18(21)14-13-15-9-5-4-6-10-15/h4-12H,1-3H3,(H,20,21). The highest BCUT2D eigenvalue weighted by Crippen LogP contribution is 2.29. The van der Waals surface area contributed by atoms with Crippen LogP contribution in [0.4, 0.5) is 5.69 Å². The lowest BCUT2D eigenvalue weighted by Gasteiger charge is -2.22. The second-order valence-corrected chi connectivity index (χ2v) is 5.87. The fraction of sp³-hybridized carbons (Fsp3) is 0.211. The molecule has 0 aliphatic rings. The first-order chi connectivity index (χ1) is 9.97. The molecule has 1 N–H and O–H groups in total. The van der Waals surface area contributed by atoms with E-state index in [0.29, 0.717) is 0 Å². The van der Waals surface area contributed by atoms with E-state index in [4.69, 9.17) is 0 Å². The molecule has 0 radical (unpaired) electrons. The minimum absolute atomic E-state index is 0.0310. The molecule has 2 aromatic rings. The van der Waals surface area contributed by atoms with Crippen molar-refractivity contribution in [3.05, 3.63) is 65.7 Å². The molecule has 0 heterocycles. The Labute approximate surface area is 126 Å². The van der Waals surface area contributed by atoms with Gasteiger partial charge < -0.3 is 5.32 Å². The van der Waals surface area contributed by atoms with Crippen molar-refractivity contribution in [1.82, 2.24) is 0 Å². The molecule has 2 heteroatoms. The van der Waals surface area contributed by atoms with E-state index >= 15 is 0 Å². The molecule has 0 bridgehead atoms. The summed E-state index contributed by atoms with van der Waals surface area (Å²) in [4.78, 5) is 12.0. The van der Waals surface area contributed by atoms with Crippen molar-refractivity contribution in [1.29, 1.82) is 0 Å². The van der Waals surface area contributed by atoms with Gasteiger partial charge in [-0.15, -0.1) is 0 Å². The van der Waals surface area contributed by atoms with Crippen molar-refractivity contribution in [2.45, 2.75) is 26.2 Å². The maximum atomic E-state index is 12.0. The monoisotopic (exact) mass is 277 g/mol. The summed E-state index contributed by atoms with van der Waals surface area (Å²) in [5.41, 5.74) is 2.71. The summed E-state index contributed by atoms with van der Waals surface area (Å²) < 4.78 is 0. The van der Waals surface area contributed by atoms with Gasteiger partial charge in [0, 0.05) is 17.2 Å². The Morgan fingerprint density at radius 3 is 2.24 bits per heavy atom. The maximum Gasteiger partial charge on any atom is 0.300 e. The van der Waals surface area contributed by atoms with Crippen LogP contribution in [0, 0.1) is 11.8 Å². The van der Waals surface area contributed by atoms with Crippen LogP contribution >= 0.6 is 0 Å². The van der Waals surface area contributed by atoms with Crippen LogP contribution < -0.4 is 5.32 Å². The molecular formula is C19H19NO. The SMILES string of the molecule is CC(C)(C)c1ccccc1NC(=O)C#Cc1ccccc1. The normalized spacial score (nSPS) is 10.4. The van der Waals surface area contributed by atoms with Gasteiger partial charge in [0.15, 0.2) is 0 Å². The molecule has 0 aromatic heterocycles. The highest BCUT2D eigenvalue weighted by molar-refractivity contribution is 6.04. The number of hydrogen-bond acceptors (Lipinski definition) is 1. The summed E-state index contributed by atoms with van der Waals surface area (Å²) in [6.45, 7) is 6.36. The summed E-state index contributed by atoms with van der Waals surface area (Å²) in [5.74, 6) is 5.19. The number of hydrogen-bond donors (Lipinski definition) is 1. The molecule has 0 fully saturated rings. The Morgan fingerprint density at radius 1 is 0.952 bits per heavy atom. The van der Waals surface area contributed by atoms with E-state index < -0.39 is 0 Å². The first kappa shape index (κ1) is 14.9. The Balaban J connectivity index is 2.17. The summed E-state index contributed by atoms with van der Waals surface area (Å²) >= 11 is 0. The molecule has 21 heavy (non-hydrogen) atoms. The number of amides is 1. The lowest BCUT2D eigenvalue weighted by atomic mass is 9.86. The van der Waals surface area contributed by atoms with Crippen molar-refractivity contribution in [2.24, 2.45) is 0 Å². The van der Waals surface area contributed by atoms with Crippen LogP contribution in [0.15, 0.2) is 54.6 Å². The van der Waals surface area contributed by atoms with Gasteiger partial charge in [-0.3, -0.25) is 4.79 Å². The van der Waals surface area contributed by atoms with Crippen LogP contribution in [-0.2, 0) is 10.2 Å². The first-order valence-corrected chi connectivity index (χ1v) is 6.94. The summed E-state index contributed by atoms with van der Waals surface area (Å²) in [7, 11) is 0. The van der Waals surface area contributed by atoms with Crippen LogP contribution in [0.5, 0.6) is 0 Å². The lowest BCUT2D eigenvalue weighted by molar-refractivity contribution is -0.111. The highest BCUT2D eigenvalue weighted by atomic mass is 16.1. The molecule has 0 unspecified atom stereocenters. The molecular weight excluding hydrogens is 258 g/mol. The van der Waals surface area contributed by atoms with Gasteiger partial charge in [-0.1, -0.05) is 63.1 Å². The van der Waals surface area contributed by atoms with Crippen LogP contribution in [0.2, 0.25) is 0 Å². The van der Waals surface area contributed by atoms with Gasteiger partial charge in [-0.25, -0.2) is 0 Å². The van der Waals surface area contributed by atoms with E-state index in [-0.39, 0.29) is 11.3 Å². The Kier molecular flexibility index (Phi) is 4.45. The second-order valence-electron chi connectivity index (χ2n) is 5.87. The number of carbonyl (C=O) groups excluding carboxylic acids is 1. The zero-order valence-corrected chi connectivity index (χ0v) is 12.6. The van der Waals surface area contributed by atoms with Crippen molar-refractivity contribution in [3.63, 3.8) is 0 Å². The third-order valence-electron chi connectivity index (χ3n) is 3.08. The van der Waals surface area contributed by atoms with Crippen molar-refractivity contribution >= 4 is 11.6 Å². The number of nitrogens with one attached hydrogen (secondary N) is 1. The van der Waals surface area contributed by atoms with Crippen molar-refractivity contribution in [3.8, 4) is 11.8 Å². The van der Waals surface area contributed by atoms with E-state index in [9.17, 15) is 4.79 Å². The van der Waals surface area contributed by atoms with Gasteiger partial charge in [-0.2, -0.15) is 0 Å². The van der Waals surface area contributed by atoms with E-state index in [1.807, 2.05) is 54.6 Å². The van der Waals surface area contributed by atoms with Crippen LogP contribution in [0.25, 0.3) is 0 Å². The largest absolute Gasteiger partial charge is 0.315 e. The molecule has 0 saturated carbocycles. The molecule has 0 aliphatic heterocycles. The van der Waals surface area contributed by atoms with Gasteiger partial charge in [0.05, 0.1) is 0 Å². The number of rotatable bonds is 1. The topological polar surface area (TPSA) is 29.1 Å². The zero-order valence-electron chi connectivity index (χ0n) is 12.6. The molecule has 0 saturated heterocycles. The number of benzene rings is 2. The fourth-order valence-electron chi connectivity index (χ4n) is 2.05. The summed E-state index contributed by atoms with van der Waals surface area (Å²) in [5, 5.41) is 2.87. The minimum atomic E-state index is -0.296. The molecule has 106 valence electrons. The van der Waals surface area contributed by atoms with E-state index in [1.54, 1.807) is 0 Å². The van der Waals surface area contributed by atoms with Crippen LogP contribution in [0.3, 0.4) is 0 Å². The van der Waals surface area contributed by atoms with Gasteiger partial charge in [0.25, 0.3) is 0 Å². The molecule has 0 atom stereocenters. The van der Waals surface area contributed by atoms with Gasteiger partial charge >= 0.3 is 5.91 Å². The van der Waals surface area contributed by atoms with Crippen molar-refractivity contribution < 1.29 is 4.79 Å². The van der Waals surface area contributed by atoms with Crippen molar-refractivity contribution in [2.75, 3.05) is 5.32 Å². The quantitative estimate of drug-likeness (QED) is 0.785. The van der Waals surface area contributed by atoms with Crippen LogP contribution in [0.1, 0.15) is 31.9 Å². The van der Waals surface area contributed by atoms with E-state index in [0.717, 1.165) is 16.8 Å². The molecule has 0 spiro atoms. The average molecular weight is 277 g/mol. The lowest BCUT2D eigenvalue weighted by Crippen LogP contribution is -2.17. The minimum Gasteiger partial charge on any atom is -0.315 e. The Bertz CT molecular complexity index is 685. The highest BCUT2D eigenvalue weighted by Gasteiger charge is 2.17. The third kappa shape index (κ3) is 4.22. The van der Waals surface area contributed by atoms with E-state index in [2.05, 4.69) is 37.9 Å². The first-order valence-electron chi connectivity index (χ1n) is 6.94. The molecule has 1 amide bonds.